The van der Waals surface area contributed by atoms with Gasteiger partial charge in [0.15, 0.2) is 0 Å². The summed E-state index contributed by atoms with van der Waals surface area (Å²) in [6.07, 6.45) is 2.34. The molecule has 1 aromatic carbocycles. The molecule has 1 N–H and O–H groups in total. The van der Waals surface area contributed by atoms with E-state index in [4.69, 9.17) is 0 Å². The van der Waals surface area contributed by atoms with Crippen LogP contribution in [0.2, 0.25) is 0 Å². The Morgan fingerprint density at radius 1 is 1.25 bits per heavy atom. The van der Waals surface area contributed by atoms with Crippen molar-refractivity contribution in [2.75, 3.05) is 6.54 Å². The van der Waals surface area contributed by atoms with E-state index in [1.807, 2.05) is 0 Å². The van der Waals surface area contributed by atoms with Crippen LogP contribution < -0.4 is 5.32 Å². The molecule has 1 nitrogen and oxygen atoms in total. The molecular weight excluding hydrogens is 194 g/mol. The van der Waals surface area contributed by atoms with Gasteiger partial charge in [-0.15, -0.1) is 0 Å². The van der Waals surface area contributed by atoms with E-state index in [1.165, 1.54) is 17.5 Å². The molecule has 0 fully saturated rings. The monoisotopic (exact) mass is 219 g/mol. The summed E-state index contributed by atoms with van der Waals surface area (Å²) in [5.74, 6) is 0.687. The van der Waals surface area contributed by atoms with Crippen molar-refractivity contribution in [3.8, 4) is 0 Å². The van der Waals surface area contributed by atoms with Crippen LogP contribution in [0, 0.1) is 12.8 Å². The van der Waals surface area contributed by atoms with E-state index in [0.717, 1.165) is 13.0 Å². The van der Waals surface area contributed by atoms with E-state index in [1.54, 1.807) is 0 Å². The molecule has 0 saturated carbocycles. The molecule has 90 valence electrons. The first-order chi connectivity index (χ1) is 7.63. The van der Waals surface area contributed by atoms with Gasteiger partial charge in [-0.05, 0) is 37.8 Å². The number of benzene rings is 1. The highest BCUT2D eigenvalue weighted by atomic mass is 14.9. The Morgan fingerprint density at radius 3 is 2.56 bits per heavy atom. The highest BCUT2D eigenvalue weighted by Crippen LogP contribution is 2.12. The molecule has 0 radical (unpaired) electrons. The largest absolute Gasteiger partial charge is 0.313 e. The van der Waals surface area contributed by atoms with Gasteiger partial charge in [-0.1, -0.05) is 50.6 Å². The summed E-state index contributed by atoms with van der Waals surface area (Å²) < 4.78 is 0. The van der Waals surface area contributed by atoms with Gasteiger partial charge in [0.25, 0.3) is 0 Å². The maximum Gasteiger partial charge on any atom is 0.0130 e. The van der Waals surface area contributed by atoms with Gasteiger partial charge >= 0.3 is 0 Å². The predicted molar refractivity (Wildman–Crippen MR) is 71.8 cm³/mol. The van der Waals surface area contributed by atoms with Crippen molar-refractivity contribution in [1.82, 2.24) is 5.32 Å². The Hall–Kier alpha value is -0.820. The molecule has 0 amide bonds. The molecule has 0 aliphatic rings. The average molecular weight is 219 g/mol. The summed E-state index contributed by atoms with van der Waals surface area (Å²) >= 11 is 0. The van der Waals surface area contributed by atoms with Gasteiger partial charge in [-0.25, -0.2) is 0 Å². The maximum atomic E-state index is 3.64. The molecule has 1 heteroatoms. The minimum absolute atomic E-state index is 0.599. The van der Waals surface area contributed by atoms with Gasteiger partial charge in [0, 0.05) is 6.04 Å². The van der Waals surface area contributed by atoms with E-state index < -0.39 is 0 Å². The first kappa shape index (κ1) is 13.2. The molecule has 1 unspecified atom stereocenters. The van der Waals surface area contributed by atoms with Gasteiger partial charge < -0.3 is 5.32 Å². The molecule has 1 aromatic rings. The molecular formula is C15H25N. The van der Waals surface area contributed by atoms with Crippen LogP contribution >= 0.6 is 0 Å². The van der Waals surface area contributed by atoms with Crippen LogP contribution in [0.3, 0.4) is 0 Å². The van der Waals surface area contributed by atoms with Gasteiger partial charge in [-0.3, -0.25) is 0 Å². The lowest BCUT2D eigenvalue weighted by Crippen LogP contribution is -2.36. The zero-order valence-corrected chi connectivity index (χ0v) is 11.1. The van der Waals surface area contributed by atoms with Crippen LogP contribution in [-0.4, -0.2) is 12.6 Å². The summed E-state index contributed by atoms with van der Waals surface area (Å²) in [7, 11) is 0. The van der Waals surface area contributed by atoms with Crippen LogP contribution in [0.1, 0.15) is 38.3 Å². The fraction of sp³-hybridized carbons (Fsp3) is 0.600. The Balaban J connectivity index is 2.60. The molecule has 0 heterocycles. The quantitative estimate of drug-likeness (QED) is 0.771. The topological polar surface area (TPSA) is 12.0 Å². The molecule has 0 saturated heterocycles. The third-order valence-electron chi connectivity index (χ3n) is 3.00. The van der Waals surface area contributed by atoms with E-state index in [-0.39, 0.29) is 0 Å². The summed E-state index contributed by atoms with van der Waals surface area (Å²) in [6.45, 7) is 10.1. The lowest BCUT2D eigenvalue weighted by Gasteiger charge is -2.22. The first-order valence-electron chi connectivity index (χ1n) is 6.42. The molecule has 1 atom stereocenters. The molecule has 0 spiro atoms. The van der Waals surface area contributed by atoms with Crippen molar-refractivity contribution in [1.29, 1.82) is 0 Å². The number of rotatable bonds is 6. The van der Waals surface area contributed by atoms with Crippen molar-refractivity contribution >= 4 is 0 Å². The number of aryl methyl sites for hydroxylation is 1. The summed E-state index contributed by atoms with van der Waals surface area (Å²) in [6, 6.07) is 9.44. The van der Waals surface area contributed by atoms with Crippen molar-refractivity contribution in [3.63, 3.8) is 0 Å². The molecule has 1 rings (SSSR count). The predicted octanol–water partition coefficient (Wildman–Crippen LogP) is 3.56. The van der Waals surface area contributed by atoms with Crippen molar-refractivity contribution in [2.24, 2.45) is 5.92 Å². The second-order valence-electron chi connectivity index (χ2n) is 5.00. The minimum Gasteiger partial charge on any atom is -0.313 e. The third kappa shape index (κ3) is 4.36. The molecule has 0 bridgehead atoms. The van der Waals surface area contributed by atoms with Crippen LogP contribution in [-0.2, 0) is 6.42 Å². The maximum absolute atomic E-state index is 3.64. The number of nitrogens with one attached hydrogen (secondary N) is 1. The fourth-order valence-corrected chi connectivity index (χ4v) is 1.97. The molecule has 0 aliphatic heterocycles. The van der Waals surface area contributed by atoms with Gasteiger partial charge in [0.1, 0.15) is 0 Å². The second-order valence-corrected chi connectivity index (χ2v) is 5.00. The summed E-state index contributed by atoms with van der Waals surface area (Å²) in [4.78, 5) is 0. The van der Waals surface area contributed by atoms with Crippen LogP contribution in [0.15, 0.2) is 24.3 Å². The Morgan fingerprint density at radius 2 is 2.00 bits per heavy atom. The van der Waals surface area contributed by atoms with Crippen molar-refractivity contribution in [3.05, 3.63) is 35.4 Å². The third-order valence-corrected chi connectivity index (χ3v) is 3.00. The zero-order valence-electron chi connectivity index (χ0n) is 11.1. The smallest absolute Gasteiger partial charge is 0.0130 e. The highest BCUT2D eigenvalue weighted by Gasteiger charge is 2.12. The molecule has 16 heavy (non-hydrogen) atoms. The minimum atomic E-state index is 0.599. The van der Waals surface area contributed by atoms with E-state index in [0.29, 0.717) is 12.0 Å². The Labute approximate surface area is 100 Å². The van der Waals surface area contributed by atoms with Crippen molar-refractivity contribution in [2.45, 2.75) is 46.6 Å². The Bertz CT molecular complexity index is 304. The Kier molecular flexibility index (Phi) is 5.54. The van der Waals surface area contributed by atoms with E-state index in [2.05, 4.69) is 57.3 Å². The van der Waals surface area contributed by atoms with Crippen molar-refractivity contribution < 1.29 is 0 Å². The fourth-order valence-electron chi connectivity index (χ4n) is 1.97. The number of hydrogen-bond donors (Lipinski definition) is 1. The first-order valence-corrected chi connectivity index (χ1v) is 6.42. The zero-order chi connectivity index (χ0) is 12.0. The van der Waals surface area contributed by atoms with E-state index in [9.17, 15) is 0 Å². The SMILES string of the molecule is CCCNC(Cc1cccc(C)c1)C(C)C. The lowest BCUT2D eigenvalue weighted by molar-refractivity contribution is 0.397. The standard InChI is InChI=1S/C15H25N/c1-5-9-16-15(12(2)3)11-14-8-6-7-13(4)10-14/h6-8,10,12,15-16H,5,9,11H2,1-4H3. The molecule has 0 aromatic heterocycles. The van der Waals surface area contributed by atoms with Crippen LogP contribution in [0.4, 0.5) is 0 Å². The van der Waals surface area contributed by atoms with Gasteiger partial charge in [0.05, 0.1) is 0 Å². The second kappa shape index (κ2) is 6.70. The van der Waals surface area contributed by atoms with Gasteiger partial charge in [-0.2, -0.15) is 0 Å². The lowest BCUT2D eigenvalue weighted by atomic mass is 9.95. The average Bonchev–Trinajstić information content (AvgIpc) is 2.24. The summed E-state index contributed by atoms with van der Waals surface area (Å²) in [5.41, 5.74) is 2.80. The molecule has 0 aliphatic carbocycles. The van der Waals surface area contributed by atoms with Crippen LogP contribution in [0.25, 0.3) is 0 Å². The normalized spacial score (nSPS) is 13.1. The van der Waals surface area contributed by atoms with Gasteiger partial charge in [0.2, 0.25) is 0 Å². The van der Waals surface area contributed by atoms with E-state index >= 15 is 0 Å². The number of hydrogen-bond acceptors (Lipinski definition) is 1. The summed E-state index contributed by atoms with van der Waals surface area (Å²) in [5, 5.41) is 3.64. The highest BCUT2D eigenvalue weighted by molar-refractivity contribution is 5.23. The van der Waals surface area contributed by atoms with Crippen LogP contribution in [0.5, 0.6) is 0 Å².